The summed E-state index contributed by atoms with van der Waals surface area (Å²) in [4.78, 5) is 73.1. The third-order valence-electron chi connectivity index (χ3n) is 15.7. The van der Waals surface area contributed by atoms with Gasteiger partial charge in [-0.2, -0.15) is 0 Å². The lowest BCUT2D eigenvalue weighted by molar-refractivity contribution is -0.266. The lowest BCUT2D eigenvalue weighted by Crippen LogP contribution is -2.61. The van der Waals surface area contributed by atoms with Gasteiger partial charge in [0.2, 0.25) is 5.79 Å². The van der Waals surface area contributed by atoms with E-state index in [1.165, 1.54) is 19.1 Å². The predicted octanol–water partition coefficient (Wildman–Crippen LogP) is 7.52. The van der Waals surface area contributed by atoms with Crippen LogP contribution in [0.5, 0.6) is 0 Å². The van der Waals surface area contributed by atoms with Crippen LogP contribution in [0, 0.1) is 35.5 Å². The number of Topliss-reactive ketones (excluding diaryl/α,β-unsaturated/α-hetero) is 3. The van der Waals surface area contributed by atoms with Crippen LogP contribution in [0.2, 0.25) is 0 Å². The fourth-order valence-electron chi connectivity index (χ4n) is 11.1. The lowest BCUT2D eigenvalue weighted by atomic mass is 9.78. The molecular weight excluding hydrogens is 939 g/mol. The smallest absolute Gasteiger partial charge is 0.329 e. The highest BCUT2D eigenvalue weighted by molar-refractivity contribution is 6.39. The third kappa shape index (κ3) is 17.8. The fraction of sp³-hybridized carbons (Fsp3) is 0.772. The van der Waals surface area contributed by atoms with Crippen LogP contribution in [0.25, 0.3) is 0 Å². The van der Waals surface area contributed by atoms with E-state index in [2.05, 4.69) is 0 Å². The Morgan fingerprint density at radius 3 is 2.16 bits per heavy atom. The van der Waals surface area contributed by atoms with E-state index in [4.69, 9.17) is 42.6 Å². The number of cyclic esters (lactones) is 1. The van der Waals surface area contributed by atoms with Crippen molar-refractivity contribution in [3.8, 4) is 0 Å². The Bertz CT molecular complexity index is 1900. The van der Waals surface area contributed by atoms with Crippen molar-refractivity contribution in [2.75, 3.05) is 68.5 Å². The van der Waals surface area contributed by atoms with Gasteiger partial charge in [-0.1, -0.05) is 71.1 Å². The molecule has 2 saturated heterocycles. The number of aliphatic hydroxyl groups is 1. The normalized spacial score (nSPS) is 36.2. The van der Waals surface area contributed by atoms with Crippen molar-refractivity contribution in [1.82, 2.24) is 4.90 Å². The number of piperidine rings is 1. The van der Waals surface area contributed by atoms with Gasteiger partial charge in [-0.05, 0) is 107 Å². The fourth-order valence-corrected chi connectivity index (χ4v) is 11.1. The SMILES string of the molecule is COCCOCCO[C@@H]1C[C@@H]2CC[C@@H](C)[C@@](O)(O2)C(=O)C(=O)N2CCCC[C@H]2C(=O)O[C@H]([C@H](C)C[C@@H]2CC[C@@H](OC)[C@H](OC)C2)CC(=O)[C@H](C)/C=C(\C)[C@@H](OC)[C@@H](OC)C(=O)[C@H](C)C[C@H](C)/C=C/C=CC=C1C. The number of amides is 1. The van der Waals surface area contributed by atoms with Crippen LogP contribution in [0.3, 0.4) is 0 Å². The van der Waals surface area contributed by atoms with Crippen molar-refractivity contribution in [3.63, 3.8) is 0 Å². The molecule has 16 nitrogen and oxygen atoms in total. The first-order valence-corrected chi connectivity index (χ1v) is 26.9. The van der Waals surface area contributed by atoms with Crippen molar-refractivity contribution >= 4 is 29.2 Å². The molecule has 0 spiro atoms. The molecule has 15 atom stereocenters. The molecule has 4 aliphatic rings. The molecule has 4 rings (SSSR count). The molecule has 3 aliphatic heterocycles. The van der Waals surface area contributed by atoms with Crippen LogP contribution in [-0.2, 0) is 66.6 Å². The number of hydrogen-bond acceptors (Lipinski definition) is 15. The van der Waals surface area contributed by atoms with Crippen molar-refractivity contribution in [3.05, 3.63) is 47.6 Å². The van der Waals surface area contributed by atoms with Gasteiger partial charge in [0, 0.05) is 72.7 Å². The highest BCUT2D eigenvalue weighted by Gasteiger charge is 2.53. The maximum absolute atomic E-state index is 14.6. The molecule has 414 valence electrons. The van der Waals surface area contributed by atoms with Gasteiger partial charge in [0.15, 0.2) is 5.78 Å². The third-order valence-corrected chi connectivity index (χ3v) is 15.7. The molecule has 0 aromatic rings. The van der Waals surface area contributed by atoms with Gasteiger partial charge in [-0.15, -0.1) is 0 Å². The maximum atomic E-state index is 14.6. The van der Waals surface area contributed by atoms with E-state index < -0.39 is 71.8 Å². The van der Waals surface area contributed by atoms with E-state index >= 15 is 0 Å². The summed E-state index contributed by atoms with van der Waals surface area (Å²) in [7, 11) is 7.96. The molecule has 1 N–H and O–H groups in total. The Morgan fingerprint density at radius 2 is 1.48 bits per heavy atom. The number of carbonyl (C=O) groups is 5. The molecule has 73 heavy (non-hydrogen) atoms. The summed E-state index contributed by atoms with van der Waals surface area (Å²) >= 11 is 0. The zero-order chi connectivity index (χ0) is 53.8. The molecule has 1 saturated carbocycles. The van der Waals surface area contributed by atoms with E-state index in [-0.39, 0.29) is 79.9 Å². The number of hydrogen-bond donors (Lipinski definition) is 1. The molecule has 0 unspecified atom stereocenters. The summed E-state index contributed by atoms with van der Waals surface area (Å²) in [5, 5.41) is 12.2. The van der Waals surface area contributed by atoms with Crippen LogP contribution in [0.1, 0.15) is 126 Å². The highest BCUT2D eigenvalue weighted by atomic mass is 16.6. The first-order chi connectivity index (χ1) is 34.8. The molecule has 0 aromatic heterocycles. The van der Waals surface area contributed by atoms with Crippen molar-refractivity contribution < 1.29 is 71.7 Å². The summed E-state index contributed by atoms with van der Waals surface area (Å²) in [6.45, 7) is 14.6. The van der Waals surface area contributed by atoms with Gasteiger partial charge in [-0.25, -0.2) is 4.79 Å². The Balaban J connectivity index is 1.73. The summed E-state index contributed by atoms with van der Waals surface area (Å²) in [6.07, 6.45) is 13.7. The molecule has 2 bridgehead atoms. The molecule has 0 radical (unpaired) electrons. The molecule has 0 aromatic carbocycles. The van der Waals surface area contributed by atoms with Gasteiger partial charge in [0.05, 0.1) is 50.8 Å². The van der Waals surface area contributed by atoms with E-state index in [9.17, 15) is 29.1 Å². The quantitative estimate of drug-likeness (QED) is 0.0777. The standard InChI is InChI=1S/C57H91NO15/c1-36-18-14-13-15-19-37(2)48(71-29-28-70-27-26-65-8)34-44-23-21-42(7)57(64,73-44)54(61)55(62)58-25-17-16-20-45(58)56(63)72-49(39(4)32-43-22-24-47(66-9)50(33-43)67-10)35-46(59)38(3)31-41(6)52(68-11)53(69-12)51(60)40(5)30-36/h13-15,18-19,31,36,38-40,42-45,47-50,52-53,64H,16-17,20-30,32-35H2,1-12H3/b15-13?,18-14+,37-19?,41-31+/t36-,38-,39-,40-,42-,43+,44+,45+,47-,48-,49+,50-,52-,53+,57-/m1/s1. The van der Waals surface area contributed by atoms with Gasteiger partial charge in [0.1, 0.15) is 30.1 Å². The molecular formula is C57H91NO15. The van der Waals surface area contributed by atoms with Gasteiger partial charge in [0.25, 0.3) is 11.7 Å². The van der Waals surface area contributed by atoms with Crippen molar-refractivity contribution in [1.29, 1.82) is 0 Å². The predicted molar refractivity (Wildman–Crippen MR) is 276 cm³/mol. The Kier molecular flexibility index (Phi) is 26.3. The summed E-state index contributed by atoms with van der Waals surface area (Å²) < 4.78 is 53.0. The zero-order valence-corrected chi connectivity index (χ0v) is 46.2. The maximum Gasteiger partial charge on any atom is 0.329 e. The van der Waals surface area contributed by atoms with Crippen LogP contribution < -0.4 is 0 Å². The minimum absolute atomic E-state index is 0.0321. The Hall–Kier alpha value is -3.45. The summed E-state index contributed by atoms with van der Waals surface area (Å²) in [6, 6.07) is -1.13. The average Bonchev–Trinajstić information content (AvgIpc) is 3.37. The minimum atomic E-state index is -2.46. The molecule has 3 heterocycles. The number of allylic oxidation sites excluding steroid dienone is 6. The van der Waals surface area contributed by atoms with Crippen LogP contribution >= 0.6 is 0 Å². The van der Waals surface area contributed by atoms with Gasteiger partial charge >= 0.3 is 5.97 Å². The number of esters is 1. The second-order valence-electron chi connectivity index (χ2n) is 21.2. The van der Waals surface area contributed by atoms with Crippen molar-refractivity contribution in [2.45, 2.75) is 180 Å². The number of carbonyl (C=O) groups excluding carboxylic acids is 5. The minimum Gasteiger partial charge on any atom is -0.460 e. The van der Waals surface area contributed by atoms with E-state index in [0.717, 1.165) is 24.8 Å². The monoisotopic (exact) mass is 1030 g/mol. The first kappa shape index (κ1) is 62.1. The second kappa shape index (κ2) is 30.9. The molecule has 3 fully saturated rings. The molecule has 1 aliphatic carbocycles. The van der Waals surface area contributed by atoms with Crippen molar-refractivity contribution in [2.24, 2.45) is 35.5 Å². The van der Waals surface area contributed by atoms with Crippen LogP contribution in [0.4, 0.5) is 0 Å². The molecule has 16 heteroatoms. The number of ether oxygens (including phenoxy) is 9. The largest absolute Gasteiger partial charge is 0.460 e. The average molecular weight is 1030 g/mol. The summed E-state index contributed by atoms with van der Waals surface area (Å²) in [5.41, 5.74) is 1.51. The number of fused-ring (bicyclic) bond motifs is 3. The van der Waals surface area contributed by atoms with E-state index in [1.807, 2.05) is 65.0 Å². The van der Waals surface area contributed by atoms with E-state index in [1.54, 1.807) is 41.3 Å². The number of nitrogens with zero attached hydrogens (tertiary/aromatic N) is 1. The highest BCUT2D eigenvalue weighted by Crippen LogP contribution is 2.38. The number of ketones is 3. The second-order valence-corrected chi connectivity index (χ2v) is 21.2. The van der Waals surface area contributed by atoms with Gasteiger partial charge in [-0.3, -0.25) is 19.2 Å². The van der Waals surface area contributed by atoms with E-state index in [0.29, 0.717) is 63.9 Å². The molecule has 1 amide bonds. The Morgan fingerprint density at radius 1 is 0.767 bits per heavy atom. The first-order valence-electron chi connectivity index (χ1n) is 26.9. The Labute approximate surface area is 436 Å². The number of methoxy groups -OCH3 is 5. The van der Waals surface area contributed by atoms with Gasteiger partial charge < -0.3 is 52.6 Å². The zero-order valence-electron chi connectivity index (χ0n) is 46.2. The van der Waals surface area contributed by atoms with Crippen LogP contribution in [-0.4, -0.2) is 162 Å². The topological polar surface area (TPSA) is 192 Å². The number of rotatable bonds is 14. The lowest BCUT2D eigenvalue weighted by Gasteiger charge is -2.43. The van der Waals surface area contributed by atoms with Crippen LogP contribution in [0.15, 0.2) is 47.6 Å². The summed E-state index contributed by atoms with van der Waals surface area (Å²) in [5.74, 6) is -7.43.